The fraction of sp³-hybridized carbons (Fsp3) is 0.412. The molecule has 0 aliphatic carbocycles. The van der Waals surface area contributed by atoms with Crippen molar-refractivity contribution < 1.29 is 5.11 Å². The number of hydrogen-bond donors (Lipinski definition) is 1. The molecule has 0 saturated carbocycles. The molecule has 0 unspecified atom stereocenters. The molecule has 2 atom stereocenters. The highest BCUT2D eigenvalue weighted by molar-refractivity contribution is 5.77. The maximum Gasteiger partial charge on any atom is 0.280 e. The second-order valence-corrected chi connectivity index (χ2v) is 6.80. The molecule has 1 saturated heterocycles. The number of aliphatic hydroxyl groups excluding tert-OH is 1. The van der Waals surface area contributed by atoms with Gasteiger partial charge in [-0.25, -0.2) is 9.66 Å². The third kappa shape index (κ3) is 2.31. The highest BCUT2D eigenvalue weighted by Gasteiger charge is 2.38. The monoisotopic (exact) mass is 299 g/mol. The van der Waals surface area contributed by atoms with Gasteiger partial charge in [0.2, 0.25) is 0 Å². The topological polar surface area (TPSA) is 58.1 Å². The lowest BCUT2D eigenvalue weighted by atomic mass is 9.88. The maximum absolute atomic E-state index is 12.9. The molecule has 2 aromatic rings. The Labute approximate surface area is 129 Å². The lowest BCUT2D eigenvalue weighted by Crippen LogP contribution is -2.37. The van der Waals surface area contributed by atoms with Crippen molar-refractivity contribution in [1.29, 1.82) is 0 Å². The highest BCUT2D eigenvalue weighted by atomic mass is 16.3. The third-order valence-corrected chi connectivity index (χ3v) is 4.00. The van der Waals surface area contributed by atoms with Crippen LogP contribution in [0.25, 0.3) is 10.9 Å². The standard InChI is InChI=1S/C17H21N3O2/c1-5-11-10-19(11)20-15(14(21)17(2,3)4)18-13-9-7-6-8-12(13)16(20)22/h5-9,11,14,21H,1,10H2,2-4H3/t11-,14-,19?/m1/s1. The van der Waals surface area contributed by atoms with Crippen molar-refractivity contribution in [2.45, 2.75) is 32.9 Å². The van der Waals surface area contributed by atoms with Crippen molar-refractivity contribution in [1.82, 2.24) is 9.66 Å². The minimum atomic E-state index is -0.837. The van der Waals surface area contributed by atoms with E-state index in [9.17, 15) is 9.90 Å². The first-order chi connectivity index (χ1) is 10.3. The molecule has 5 nitrogen and oxygen atoms in total. The third-order valence-electron chi connectivity index (χ3n) is 4.00. The molecule has 1 N–H and O–H groups in total. The maximum atomic E-state index is 12.9. The number of aromatic nitrogens is 2. The van der Waals surface area contributed by atoms with Gasteiger partial charge in [0, 0.05) is 0 Å². The smallest absolute Gasteiger partial charge is 0.280 e. The van der Waals surface area contributed by atoms with Gasteiger partial charge in [-0.15, -0.1) is 6.58 Å². The van der Waals surface area contributed by atoms with Gasteiger partial charge in [-0.3, -0.25) is 9.80 Å². The first-order valence-corrected chi connectivity index (χ1v) is 7.44. The SMILES string of the molecule is C=C[C@@H]1CN1n1c([C@@H](O)C(C)(C)C)nc2ccccc2c1=O. The van der Waals surface area contributed by atoms with Crippen molar-refractivity contribution in [3.05, 3.63) is 53.1 Å². The summed E-state index contributed by atoms with van der Waals surface area (Å²) in [5.74, 6) is 0.389. The number of rotatable bonds is 3. The Morgan fingerprint density at radius 1 is 1.41 bits per heavy atom. The van der Waals surface area contributed by atoms with E-state index in [4.69, 9.17) is 0 Å². The summed E-state index contributed by atoms with van der Waals surface area (Å²) in [6.45, 7) is 10.3. The summed E-state index contributed by atoms with van der Waals surface area (Å²) >= 11 is 0. The van der Waals surface area contributed by atoms with Gasteiger partial charge < -0.3 is 5.11 Å². The molecule has 1 fully saturated rings. The van der Waals surface area contributed by atoms with E-state index in [2.05, 4.69) is 11.6 Å². The van der Waals surface area contributed by atoms with Crippen LogP contribution in [0.1, 0.15) is 32.7 Å². The van der Waals surface area contributed by atoms with Crippen LogP contribution in [0, 0.1) is 5.41 Å². The van der Waals surface area contributed by atoms with Crippen LogP contribution in [0.3, 0.4) is 0 Å². The number of aliphatic hydroxyl groups is 1. The Kier molecular flexibility index (Phi) is 3.33. The molecule has 116 valence electrons. The predicted octanol–water partition coefficient (Wildman–Crippen LogP) is 1.98. The van der Waals surface area contributed by atoms with Gasteiger partial charge in [-0.2, -0.15) is 0 Å². The number of nitrogens with zero attached hydrogens (tertiary/aromatic N) is 3. The Hall–Kier alpha value is -2.14. The normalized spacial score (nSPS) is 19.3. The summed E-state index contributed by atoms with van der Waals surface area (Å²) in [7, 11) is 0. The summed E-state index contributed by atoms with van der Waals surface area (Å²) in [5.41, 5.74) is 0.0517. The molecule has 1 aliphatic heterocycles. The van der Waals surface area contributed by atoms with E-state index >= 15 is 0 Å². The van der Waals surface area contributed by atoms with Crippen LogP contribution in [-0.4, -0.2) is 27.4 Å². The fourth-order valence-corrected chi connectivity index (χ4v) is 2.52. The van der Waals surface area contributed by atoms with Crippen LogP contribution < -0.4 is 10.6 Å². The largest absolute Gasteiger partial charge is 0.385 e. The number of fused-ring (bicyclic) bond motifs is 1. The lowest BCUT2D eigenvalue weighted by molar-refractivity contribution is 0.0512. The first kappa shape index (κ1) is 14.8. The molecule has 0 bridgehead atoms. The van der Waals surface area contributed by atoms with E-state index in [1.54, 1.807) is 18.2 Å². The molecule has 1 aromatic carbocycles. The van der Waals surface area contributed by atoms with Gasteiger partial charge in [0.15, 0.2) is 5.82 Å². The van der Waals surface area contributed by atoms with E-state index in [0.717, 1.165) is 0 Å². The van der Waals surface area contributed by atoms with Gasteiger partial charge >= 0.3 is 0 Å². The summed E-state index contributed by atoms with van der Waals surface area (Å²) in [4.78, 5) is 17.4. The first-order valence-electron chi connectivity index (χ1n) is 7.44. The number of hydrogen-bond acceptors (Lipinski definition) is 4. The van der Waals surface area contributed by atoms with Crippen LogP contribution in [0.15, 0.2) is 41.7 Å². The second-order valence-electron chi connectivity index (χ2n) is 6.80. The van der Waals surface area contributed by atoms with Crippen LogP contribution in [0.5, 0.6) is 0 Å². The average Bonchev–Trinajstić information content (AvgIpc) is 3.24. The zero-order valence-electron chi connectivity index (χ0n) is 13.2. The van der Waals surface area contributed by atoms with E-state index in [0.29, 0.717) is 23.3 Å². The Bertz CT molecular complexity index is 789. The van der Waals surface area contributed by atoms with E-state index < -0.39 is 11.5 Å². The Morgan fingerprint density at radius 3 is 2.68 bits per heavy atom. The van der Waals surface area contributed by atoms with Crippen molar-refractivity contribution in [3.8, 4) is 0 Å². The van der Waals surface area contributed by atoms with Crippen molar-refractivity contribution in [2.24, 2.45) is 5.41 Å². The molecule has 5 heteroatoms. The van der Waals surface area contributed by atoms with E-state index in [1.807, 2.05) is 37.9 Å². The van der Waals surface area contributed by atoms with Gasteiger partial charge in [-0.1, -0.05) is 39.0 Å². The zero-order chi connectivity index (χ0) is 16.1. The molecular weight excluding hydrogens is 278 g/mol. The highest BCUT2D eigenvalue weighted by Crippen LogP contribution is 2.32. The van der Waals surface area contributed by atoms with Crippen molar-refractivity contribution in [2.75, 3.05) is 11.6 Å². The van der Waals surface area contributed by atoms with Gasteiger partial charge in [0.05, 0.1) is 23.5 Å². The minimum Gasteiger partial charge on any atom is -0.385 e. The molecule has 1 aromatic heterocycles. The summed E-state index contributed by atoms with van der Waals surface area (Å²) < 4.78 is 1.52. The molecule has 22 heavy (non-hydrogen) atoms. The number of benzene rings is 1. The van der Waals surface area contributed by atoms with Crippen molar-refractivity contribution >= 4 is 10.9 Å². The van der Waals surface area contributed by atoms with Gasteiger partial charge in [0.25, 0.3) is 5.56 Å². The minimum absolute atomic E-state index is 0.117. The fourth-order valence-electron chi connectivity index (χ4n) is 2.52. The van der Waals surface area contributed by atoms with Crippen LogP contribution >= 0.6 is 0 Å². The summed E-state index contributed by atoms with van der Waals surface area (Å²) in [6, 6.07) is 7.35. The lowest BCUT2D eigenvalue weighted by Gasteiger charge is -2.28. The molecular formula is C17H21N3O2. The van der Waals surface area contributed by atoms with E-state index in [1.165, 1.54) is 4.68 Å². The quantitative estimate of drug-likeness (QED) is 0.695. The van der Waals surface area contributed by atoms with Gasteiger partial charge in [0.1, 0.15) is 6.10 Å². The molecule has 0 amide bonds. The predicted molar refractivity (Wildman–Crippen MR) is 87.5 cm³/mol. The summed E-state index contributed by atoms with van der Waals surface area (Å²) in [5, 5.41) is 13.1. The van der Waals surface area contributed by atoms with Crippen LogP contribution in [0.2, 0.25) is 0 Å². The van der Waals surface area contributed by atoms with Crippen molar-refractivity contribution in [3.63, 3.8) is 0 Å². The molecule has 1 aliphatic rings. The zero-order valence-corrected chi connectivity index (χ0v) is 13.2. The molecule has 3 rings (SSSR count). The average molecular weight is 299 g/mol. The number of para-hydroxylation sites is 1. The molecule has 0 radical (unpaired) electrons. The van der Waals surface area contributed by atoms with Crippen LogP contribution in [-0.2, 0) is 0 Å². The second kappa shape index (κ2) is 4.95. The Morgan fingerprint density at radius 2 is 2.09 bits per heavy atom. The molecule has 2 heterocycles. The van der Waals surface area contributed by atoms with Crippen LogP contribution in [0.4, 0.5) is 0 Å². The Balaban J connectivity index is 2.27. The van der Waals surface area contributed by atoms with E-state index in [-0.39, 0.29) is 11.6 Å². The molecule has 0 spiro atoms. The van der Waals surface area contributed by atoms with Gasteiger partial charge in [-0.05, 0) is 17.5 Å². The summed E-state index contributed by atoms with van der Waals surface area (Å²) in [6.07, 6.45) is 0.963.